The van der Waals surface area contributed by atoms with Crippen LogP contribution in [0.4, 0.5) is 0 Å². The summed E-state index contributed by atoms with van der Waals surface area (Å²) in [5, 5.41) is 10.3. The first-order chi connectivity index (χ1) is 27.4. The van der Waals surface area contributed by atoms with Gasteiger partial charge in [-0.2, -0.15) is 0 Å². The maximum Gasteiger partial charge on any atom is 0.323 e. The first-order valence-electron chi connectivity index (χ1n) is 24.3. The van der Waals surface area contributed by atoms with Crippen LogP contribution < -0.4 is 0 Å². The molecule has 0 aromatic rings. The summed E-state index contributed by atoms with van der Waals surface area (Å²) in [6.07, 6.45) is 37.4. The number of nitrogens with zero attached hydrogens (tertiary/aromatic N) is 1. The molecule has 0 unspecified atom stereocenters. The van der Waals surface area contributed by atoms with E-state index in [4.69, 9.17) is 14.2 Å². The number of hydrogen-bond donors (Lipinski definition) is 1. The first-order valence-corrected chi connectivity index (χ1v) is 24.3. The van der Waals surface area contributed by atoms with E-state index in [1.54, 1.807) is 0 Å². The van der Waals surface area contributed by atoms with Gasteiger partial charge in [0.05, 0.1) is 19.3 Å². The van der Waals surface area contributed by atoms with Crippen molar-refractivity contribution in [1.82, 2.24) is 4.90 Å². The van der Waals surface area contributed by atoms with Gasteiger partial charge >= 0.3 is 17.9 Å². The van der Waals surface area contributed by atoms with E-state index in [9.17, 15) is 19.5 Å². The highest BCUT2D eigenvalue weighted by Crippen LogP contribution is 2.21. The summed E-state index contributed by atoms with van der Waals surface area (Å²) < 4.78 is 17.1. The Labute approximate surface area is 345 Å². The molecular weight excluding hydrogens is 703 g/mol. The fraction of sp³-hybridized carbons (Fsp3) is 0.938. The maximum absolute atomic E-state index is 13.0. The molecule has 330 valence electrons. The van der Waals surface area contributed by atoms with Gasteiger partial charge in [-0.15, -0.1) is 0 Å². The van der Waals surface area contributed by atoms with E-state index >= 15 is 0 Å². The van der Waals surface area contributed by atoms with E-state index in [0.717, 1.165) is 89.9 Å². The summed E-state index contributed by atoms with van der Waals surface area (Å²) in [6, 6.07) is -0.309. The molecule has 8 heteroatoms. The molecule has 8 nitrogen and oxygen atoms in total. The quantitative estimate of drug-likeness (QED) is 0.0372. The largest absolute Gasteiger partial charge is 0.466 e. The molecule has 0 amide bonds. The van der Waals surface area contributed by atoms with E-state index < -0.39 is 6.10 Å². The molecule has 0 aromatic carbocycles. The van der Waals surface area contributed by atoms with Crippen LogP contribution in [0.15, 0.2) is 0 Å². The molecule has 2 atom stereocenters. The van der Waals surface area contributed by atoms with E-state index in [1.165, 1.54) is 109 Å². The SMILES string of the molecule is CCCCCCCCCCCOC(=O)CCCCCN1C[C@@H](O)CC[C@H]1C(=O)OCCCCCCCC(=O)OC(CCCCCCCC)CCCCCCCC. The standard InChI is InChI=1S/C48H91NO7/c1-4-7-10-13-16-17-18-23-31-40-54-46(51)35-29-25-30-39-49-42-43(50)37-38-45(49)48(53)55-41-32-24-19-22-28-36-47(52)56-44(33-26-20-14-11-8-5-2)34-27-21-15-12-9-6-3/h43-45,50H,4-42H2,1-3H3/t43-,45-/m0/s1. The van der Waals surface area contributed by atoms with Crippen LogP contribution in [0.3, 0.4) is 0 Å². The van der Waals surface area contributed by atoms with Gasteiger partial charge in [-0.25, -0.2) is 0 Å². The van der Waals surface area contributed by atoms with Gasteiger partial charge in [-0.3, -0.25) is 19.3 Å². The highest BCUT2D eigenvalue weighted by atomic mass is 16.5. The van der Waals surface area contributed by atoms with E-state index in [2.05, 4.69) is 25.7 Å². The molecule has 0 radical (unpaired) electrons. The highest BCUT2D eigenvalue weighted by molar-refractivity contribution is 5.76. The van der Waals surface area contributed by atoms with Crippen LogP contribution in [-0.2, 0) is 28.6 Å². The fourth-order valence-electron chi connectivity index (χ4n) is 7.95. The van der Waals surface area contributed by atoms with Crippen LogP contribution in [-0.4, -0.2) is 72.5 Å². The molecule has 1 aliphatic rings. The van der Waals surface area contributed by atoms with Crippen molar-refractivity contribution in [2.24, 2.45) is 0 Å². The maximum atomic E-state index is 13.0. The van der Waals surface area contributed by atoms with Gasteiger partial charge in [0.2, 0.25) is 0 Å². The monoisotopic (exact) mass is 794 g/mol. The molecule has 1 fully saturated rings. The molecule has 1 N–H and O–H groups in total. The molecule has 0 aromatic heterocycles. The van der Waals surface area contributed by atoms with Crippen LogP contribution in [0.5, 0.6) is 0 Å². The Bertz CT molecular complexity index is 898. The lowest BCUT2D eigenvalue weighted by Gasteiger charge is -2.36. The normalized spacial score (nSPS) is 16.0. The third-order valence-electron chi connectivity index (χ3n) is 11.6. The lowest BCUT2D eigenvalue weighted by molar-refractivity contribution is -0.153. The Morgan fingerprint density at radius 1 is 0.518 bits per heavy atom. The summed E-state index contributed by atoms with van der Waals surface area (Å²) in [4.78, 5) is 40.0. The van der Waals surface area contributed by atoms with Gasteiger partial charge in [0, 0.05) is 19.4 Å². The zero-order valence-corrected chi connectivity index (χ0v) is 37.2. The number of rotatable bonds is 40. The molecule has 0 bridgehead atoms. The van der Waals surface area contributed by atoms with E-state index in [1.807, 2.05) is 0 Å². The van der Waals surface area contributed by atoms with Crippen LogP contribution in [0, 0.1) is 0 Å². The average Bonchev–Trinajstić information content (AvgIpc) is 3.18. The topological polar surface area (TPSA) is 102 Å². The second-order valence-corrected chi connectivity index (χ2v) is 17.0. The molecular formula is C48H91NO7. The van der Waals surface area contributed by atoms with Gasteiger partial charge in [0.25, 0.3) is 0 Å². The molecule has 0 spiro atoms. The number of carbonyl (C=O) groups is 3. The number of aliphatic hydroxyl groups is 1. The van der Waals surface area contributed by atoms with Crippen molar-refractivity contribution in [3.63, 3.8) is 0 Å². The van der Waals surface area contributed by atoms with Crippen molar-refractivity contribution in [3.05, 3.63) is 0 Å². The van der Waals surface area contributed by atoms with Crippen LogP contribution in [0.2, 0.25) is 0 Å². The summed E-state index contributed by atoms with van der Waals surface area (Å²) in [5.74, 6) is -0.329. The third-order valence-corrected chi connectivity index (χ3v) is 11.6. The number of β-amino-alcohol motifs (C(OH)–C–C–N with tert-alkyl or cyclic N) is 1. The minimum absolute atomic E-state index is 0.0369. The minimum atomic E-state index is -0.418. The first kappa shape index (κ1) is 52.3. The summed E-state index contributed by atoms with van der Waals surface area (Å²) in [6.45, 7) is 8.88. The van der Waals surface area contributed by atoms with E-state index in [0.29, 0.717) is 52.0 Å². The Morgan fingerprint density at radius 2 is 0.946 bits per heavy atom. The van der Waals surface area contributed by atoms with Crippen molar-refractivity contribution >= 4 is 17.9 Å². The number of esters is 3. The molecule has 1 rings (SSSR count). The van der Waals surface area contributed by atoms with Gasteiger partial charge in [0.15, 0.2) is 0 Å². The second-order valence-electron chi connectivity index (χ2n) is 17.0. The minimum Gasteiger partial charge on any atom is -0.466 e. The molecule has 1 aliphatic heterocycles. The number of unbranched alkanes of at least 4 members (excludes halogenated alkanes) is 24. The molecule has 1 heterocycles. The van der Waals surface area contributed by atoms with Crippen molar-refractivity contribution < 1.29 is 33.7 Å². The number of aliphatic hydroxyl groups excluding tert-OH is 1. The third kappa shape index (κ3) is 31.3. The predicted octanol–water partition coefficient (Wildman–Crippen LogP) is 12.7. The van der Waals surface area contributed by atoms with Crippen LogP contribution >= 0.6 is 0 Å². The second kappa shape index (κ2) is 38.8. The van der Waals surface area contributed by atoms with Crippen molar-refractivity contribution in [1.29, 1.82) is 0 Å². The smallest absolute Gasteiger partial charge is 0.323 e. The zero-order chi connectivity index (χ0) is 40.7. The van der Waals surface area contributed by atoms with Crippen LogP contribution in [0.25, 0.3) is 0 Å². The number of ether oxygens (including phenoxy) is 3. The van der Waals surface area contributed by atoms with Crippen molar-refractivity contribution in [2.45, 2.75) is 264 Å². The van der Waals surface area contributed by atoms with Gasteiger partial charge in [-0.1, -0.05) is 162 Å². The van der Waals surface area contributed by atoms with E-state index in [-0.39, 0.29) is 30.1 Å². The summed E-state index contributed by atoms with van der Waals surface area (Å²) in [7, 11) is 0. The number of piperidine rings is 1. The molecule has 0 aliphatic carbocycles. The zero-order valence-electron chi connectivity index (χ0n) is 37.2. The predicted molar refractivity (Wildman–Crippen MR) is 232 cm³/mol. The van der Waals surface area contributed by atoms with Crippen molar-refractivity contribution in [3.8, 4) is 0 Å². The van der Waals surface area contributed by atoms with Gasteiger partial charge in [-0.05, 0) is 77.2 Å². The Kier molecular flexibility index (Phi) is 36.3. The molecule has 56 heavy (non-hydrogen) atoms. The summed E-state index contributed by atoms with van der Waals surface area (Å²) in [5.41, 5.74) is 0. The Hall–Kier alpha value is -1.67. The number of likely N-dealkylation sites (tertiary alicyclic amines) is 1. The Morgan fingerprint density at radius 3 is 1.48 bits per heavy atom. The average molecular weight is 794 g/mol. The lowest BCUT2D eigenvalue weighted by atomic mass is 9.99. The molecule has 1 saturated heterocycles. The lowest BCUT2D eigenvalue weighted by Crippen LogP contribution is -2.50. The van der Waals surface area contributed by atoms with Crippen molar-refractivity contribution in [2.75, 3.05) is 26.3 Å². The fourth-order valence-corrected chi connectivity index (χ4v) is 7.95. The molecule has 0 saturated carbocycles. The summed E-state index contributed by atoms with van der Waals surface area (Å²) >= 11 is 0. The number of hydrogen-bond acceptors (Lipinski definition) is 8. The van der Waals surface area contributed by atoms with Crippen LogP contribution in [0.1, 0.15) is 245 Å². The highest BCUT2D eigenvalue weighted by Gasteiger charge is 2.33. The van der Waals surface area contributed by atoms with Gasteiger partial charge in [0.1, 0.15) is 12.1 Å². The number of carbonyl (C=O) groups excluding carboxylic acids is 3. The Balaban J connectivity index is 2.18. The van der Waals surface area contributed by atoms with Gasteiger partial charge < -0.3 is 19.3 Å².